The molecule has 0 bridgehead atoms. The fourth-order valence-electron chi connectivity index (χ4n) is 1.20. The average Bonchev–Trinajstić information content (AvgIpc) is 2.21. The van der Waals surface area contributed by atoms with Crippen molar-refractivity contribution in [2.75, 3.05) is 0 Å². The Balaban J connectivity index is 3.02. The minimum atomic E-state index is 0.255. The van der Waals surface area contributed by atoms with Crippen LogP contribution in [0.1, 0.15) is 25.0 Å². The third-order valence-electron chi connectivity index (χ3n) is 2.17. The van der Waals surface area contributed by atoms with Crippen LogP contribution in [0.2, 0.25) is 0 Å². The topological polar surface area (TPSA) is 44.0 Å². The Hall–Kier alpha value is -1.75. The number of hydrogen-bond acceptors (Lipinski definition) is 2. The maximum atomic E-state index is 9.54. The lowest BCUT2D eigenvalue weighted by atomic mass is 10.0. The number of aromatic hydroxyl groups is 1. The largest absolute Gasteiger partial charge is 0.508 e. The molecule has 1 rings (SSSR count). The van der Waals surface area contributed by atoms with Crippen molar-refractivity contribution < 1.29 is 5.11 Å². The molecule has 0 aliphatic rings. The van der Waals surface area contributed by atoms with E-state index in [-0.39, 0.29) is 5.75 Å². The quantitative estimate of drug-likeness (QED) is 0.723. The van der Waals surface area contributed by atoms with Crippen molar-refractivity contribution >= 4 is 0 Å². The monoisotopic (exact) mass is 187 g/mol. The number of allylic oxidation sites excluding steroid dienone is 2. The van der Waals surface area contributed by atoms with Gasteiger partial charge in [-0.3, -0.25) is 0 Å². The van der Waals surface area contributed by atoms with E-state index in [9.17, 15) is 5.11 Å². The molecular weight excluding hydrogens is 174 g/mol. The highest BCUT2D eigenvalue weighted by Gasteiger charge is 2.02. The van der Waals surface area contributed by atoms with Gasteiger partial charge in [0.1, 0.15) is 5.75 Å². The summed E-state index contributed by atoms with van der Waals surface area (Å²) >= 11 is 0. The van der Waals surface area contributed by atoms with E-state index in [0.29, 0.717) is 12.0 Å². The van der Waals surface area contributed by atoms with E-state index in [1.807, 2.05) is 19.9 Å². The summed E-state index contributed by atoms with van der Waals surface area (Å²) in [6, 6.07) is 6.96. The average molecular weight is 187 g/mol. The third-order valence-corrected chi connectivity index (χ3v) is 2.17. The molecule has 0 fully saturated rings. The lowest BCUT2D eigenvalue weighted by molar-refractivity contribution is 0.469. The summed E-state index contributed by atoms with van der Waals surface area (Å²) in [5, 5.41) is 18.2. The third kappa shape index (κ3) is 2.37. The molecular formula is C12H13NO. The van der Waals surface area contributed by atoms with Gasteiger partial charge in [-0.1, -0.05) is 11.6 Å². The first kappa shape index (κ1) is 10.3. The van der Waals surface area contributed by atoms with Crippen molar-refractivity contribution in [2.24, 2.45) is 0 Å². The number of phenolic OH excluding ortho intramolecular Hbond substituents is 1. The van der Waals surface area contributed by atoms with E-state index in [1.165, 1.54) is 5.57 Å². The van der Waals surface area contributed by atoms with Gasteiger partial charge in [-0.15, -0.1) is 0 Å². The van der Waals surface area contributed by atoms with Gasteiger partial charge in [-0.2, -0.15) is 5.26 Å². The second kappa shape index (κ2) is 4.48. The Morgan fingerprint density at radius 2 is 2.29 bits per heavy atom. The normalized spacial score (nSPS) is 11.1. The van der Waals surface area contributed by atoms with Gasteiger partial charge >= 0.3 is 0 Å². The number of benzene rings is 1. The maximum absolute atomic E-state index is 9.54. The minimum absolute atomic E-state index is 0.255. The molecule has 1 aromatic carbocycles. The van der Waals surface area contributed by atoms with Crippen molar-refractivity contribution in [3.8, 4) is 11.8 Å². The molecule has 0 spiro atoms. The van der Waals surface area contributed by atoms with E-state index >= 15 is 0 Å². The molecule has 0 aliphatic heterocycles. The standard InChI is InChI=1S/C12H13NO/c1-3-9(2)6-11-7-10(8-13)4-5-12(11)14/h3-5,7,14H,6H2,1-2H3/b9-3+. The minimum Gasteiger partial charge on any atom is -0.508 e. The van der Waals surface area contributed by atoms with Gasteiger partial charge in [0.2, 0.25) is 0 Å². The van der Waals surface area contributed by atoms with Gasteiger partial charge in [0.05, 0.1) is 11.6 Å². The van der Waals surface area contributed by atoms with Gasteiger partial charge in [-0.05, 0) is 44.0 Å². The molecule has 72 valence electrons. The highest BCUT2D eigenvalue weighted by Crippen LogP contribution is 2.21. The number of nitriles is 1. The van der Waals surface area contributed by atoms with E-state index < -0.39 is 0 Å². The van der Waals surface area contributed by atoms with Crippen LogP contribution in [0.4, 0.5) is 0 Å². The first-order valence-corrected chi connectivity index (χ1v) is 4.51. The van der Waals surface area contributed by atoms with Gasteiger partial charge < -0.3 is 5.11 Å². The summed E-state index contributed by atoms with van der Waals surface area (Å²) in [4.78, 5) is 0. The predicted octanol–water partition coefficient (Wildman–Crippen LogP) is 2.77. The van der Waals surface area contributed by atoms with Gasteiger partial charge in [0.15, 0.2) is 0 Å². The van der Waals surface area contributed by atoms with Crippen LogP contribution in [0.25, 0.3) is 0 Å². The first-order valence-electron chi connectivity index (χ1n) is 4.51. The molecule has 0 unspecified atom stereocenters. The smallest absolute Gasteiger partial charge is 0.119 e. The number of phenols is 1. The first-order chi connectivity index (χ1) is 6.67. The van der Waals surface area contributed by atoms with Gasteiger partial charge in [0, 0.05) is 0 Å². The second-order valence-electron chi connectivity index (χ2n) is 3.27. The highest BCUT2D eigenvalue weighted by atomic mass is 16.3. The maximum Gasteiger partial charge on any atom is 0.119 e. The van der Waals surface area contributed by atoms with E-state index in [0.717, 1.165) is 5.56 Å². The van der Waals surface area contributed by atoms with Crippen LogP contribution in [0.15, 0.2) is 29.8 Å². The Bertz CT molecular complexity index is 399. The summed E-state index contributed by atoms with van der Waals surface area (Å²) in [5.74, 6) is 0.255. The van der Waals surface area contributed by atoms with Crippen LogP contribution in [0.3, 0.4) is 0 Å². The molecule has 2 heteroatoms. The van der Waals surface area contributed by atoms with Gasteiger partial charge in [0.25, 0.3) is 0 Å². The van der Waals surface area contributed by atoms with Crippen molar-refractivity contribution in [3.05, 3.63) is 41.0 Å². The molecule has 0 saturated carbocycles. The van der Waals surface area contributed by atoms with Crippen LogP contribution in [0, 0.1) is 11.3 Å². The van der Waals surface area contributed by atoms with Crippen LogP contribution < -0.4 is 0 Å². The Labute approximate surface area is 84.1 Å². The molecule has 0 aliphatic carbocycles. The molecule has 0 saturated heterocycles. The molecule has 2 nitrogen and oxygen atoms in total. The lowest BCUT2D eigenvalue weighted by Crippen LogP contribution is -1.89. The molecule has 1 aromatic rings. The zero-order chi connectivity index (χ0) is 10.6. The van der Waals surface area contributed by atoms with Crippen LogP contribution in [0.5, 0.6) is 5.75 Å². The highest BCUT2D eigenvalue weighted by molar-refractivity contribution is 5.42. The van der Waals surface area contributed by atoms with Crippen molar-refractivity contribution in [3.63, 3.8) is 0 Å². The van der Waals surface area contributed by atoms with Crippen LogP contribution in [-0.4, -0.2) is 5.11 Å². The van der Waals surface area contributed by atoms with Crippen LogP contribution >= 0.6 is 0 Å². The molecule has 1 N–H and O–H groups in total. The lowest BCUT2D eigenvalue weighted by Gasteiger charge is -2.04. The number of rotatable bonds is 2. The fourth-order valence-corrected chi connectivity index (χ4v) is 1.20. The molecule has 0 amide bonds. The van der Waals surface area contributed by atoms with Crippen LogP contribution in [-0.2, 0) is 6.42 Å². The van der Waals surface area contributed by atoms with Crippen molar-refractivity contribution in [2.45, 2.75) is 20.3 Å². The van der Waals surface area contributed by atoms with E-state index in [1.54, 1.807) is 18.2 Å². The van der Waals surface area contributed by atoms with Crippen molar-refractivity contribution in [1.82, 2.24) is 0 Å². The summed E-state index contributed by atoms with van der Waals surface area (Å²) in [5.41, 5.74) is 2.57. The second-order valence-corrected chi connectivity index (χ2v) is 3.27. The molecule has 0 radical (unpaired) electrons. The zero-order valence-corrected chi connectivity index (χ0v) is 8.41. The summed E-state index contributed by atoms with van der Waals surface area (Å²) in [6.07, 6.45) is 2.69. The Kier molecular flexibility index (Phi) is 3.30. The summed E-state index contributed by atoms with van der Waals surface area (Å²) in [6.45, 7) is 3.96. The molecule has 0 atom stereocenters. The van der Waals surface area contributed by atoms with E-state index in [2.05, 4.69) is 6.07 Å². The Morgan fingerprint density at radius 3 is 2.86 bits per heavy atom. The molecule has 14 heavy (non-hydrogen) atoms. The fraction of sp³-hybridized carbons (Fsp3) is 0.250. The zero-order valence-electron chi connectivity index (χ0n) is 8.41. The Morgan fingerprint density at radius 1 is 1.57 bits per heavy atom. The SMILES string of the molecule is C/C=C(\C)Cc1cc(C#N)ccc1O. The summed E-state index contributed by atoms with van der Waals surface area (Å²) < 4.78 is 0. The van der Waals surface area contributed by atoms with Gasteiger partial charge in [-0.25, -0.2) is 0 Å². The summed E-state index contributed by atoms with van der Waals surface area (Å²) in [7, 11) is 0. The molecule has 0 heterocycles. The predicted molar refractivity (Wildman–Crippen MR) is 56.0 cm³/mol. The molecule has 0 aromatic heterocycles. The number of hydrogen-bond donors (Lipinski definition) is 1. The van der Waals surface area contributed by atoms with Crippen molar-refractivity contribution in [1.29, 1.82) is 5.26 Å². The number of nitrogens with zero attached hydrogens (tertiary/aromatic N) is 1. The van der Waals surface area contributed by atoms with E-state index in [4.69, 9.17) is 5.26 Å².